The quantitative estimate of drug-likeness (QED) is 0.568. The average molecular weight is 218 g/mol. The fourth-order valence-electron chi connectivity index (χ4n) is 0.373. The maximum atomic E-state index is 10.7. The van der Waals surface area contributed by atoms with Gasteiger partial charge < -0.3 is 5.32 Å². The van der Waals surface area contributed by atoms with Crippen LogP contribution < -0.4 is 10.6 Å². The highest BCUT2D eigenvalue weighted by Crippen LogP contribution is 2.17. The predicted molar refractivity (Wildman–Crippen MR) is 46.4 cm³/mol. The van der Waals surface area contributed by atoms with Crippen LogP contribution in [0.15, 0.2) is 0 Å². The minimum absolute atomic E-state index is 0.0823. The molecule has 1 radical (unpaired) electrons. The Morgan fingerprint density at radius 1 is 1.64 bits per heavy atom. The summed E-state index contributed by atoms with van der Waals surface area (Å²) in [7, 11) is 0. The molecule has 0 atom stereocenters. The third kappa shape index (κ3) is 5.41. The van der Waals surface area contributed by atoms with E-state index in [1.54, 1.807) is 6.92 Å². The molecule has 0 heterocycles. The van der Waals surface area contributed by atoms with E-state index in [4.69, 9.17) is 34.8 Å². The van der Waals surface area contributed by atoms with Gasteiger partial charge in [-0.3, -0.25) is 0 Å². The van der Waals surface area contributed by atoms with E-state index in [0.29, 0.717) is 6.54 Å². The van der Waals surface area contributed by atoms with Crippen LogP contribution in [0.25, 0.3) is 0 Å². The number of nitrogens with zero attached hydrogens (tertiary/aromatic N) is 1. The summed E-state index contributed by atoms with van der Waals surface area (Å²) in [4.78, 5) is 10.7. The monoisotopic (exact) mass is 217 g/mol. The molecule has 0 aliphatic carbocycles. The molecule has 0 unspecified atom stereocenters. The molecule has 2 amide bonds. The van der Waals surface area contributed by atoms with Crippen molar-refractivity contribution in [2.24, 2.45) is 0 Å². The van der Waals surface area contributed by atoms with Gasteiger partial charge in [0.05, 0.1) is 5.88 Å². The zero-order valence-corrected chi connectivity index (χ0v) is 8.17. The van der Waals surface area contributed by atoms with Crippen LogP contribution in [0.3, 0.4) is 0 Å². The van der Waals surface area contributed by atoms with Crippen molar-refractivity contribution in [3.05, 3.63) is 0 Å². The molecule has 65 valence electrons. The first kappa shape index (κ1) is 11.1. The number of urea groups is 1. The van der Waals surface area contributed by atoms with Crippen molar-refractivity contribution in [2.45, 2.75) is 11.4 Å². The molecular formula is C5H8Cl3N2O. The molecule has 0 fully saturated rings. The number of rotatable bonds is 3. The Hall–Kier alpha value is 0.140. The van der Waals surface area contributed by atoms with Crippen molar-refractivity contribution in [2.75, 3.05) is 12.4 Å². The minimum atomic E-state index is -1.42. The maximum absolute atomic E-state index is 10.7. The van der Waals surface area contributed by atoms with Gasteiger partial charge in [0.25, 0.3) is 0 Å². The maximum Gasteiger partial charge on any atom is 0.338 e. The van der Waals surface area contributed by atoms with Gasteiger partial charge in [-0.05, 0) is 6.92 Å². The Morgan fingerprint density at radius 3 is 2.55 bits per heavy atom. The Kier molecular flexibility index (Phi) is 4.97. The van der Waals surface area contributed by atoms with Gasteiger partial charge in [0.1, 0.15) is 0 Å². The second-order valence-corrected chi connectivity index (χ2v) is 3.49. The Morgan fingerprint density at radius 2 is 2.18 bits per heavy atom. The molecule has 0 bridgehead atoms. The second-order valence-electron chi connectivity index (χ2n) is 1.74. The van der Waals surface area contributed by atoms with Crippen molar-refractivity contribution in [3.8, 4) is 0 Å². The van der Waals surface area contributed by atoms with E-state index in [9.17, 15) is 4.79 Å². The Bertz CT molecular complexity index is 140. The first-order valence-corrected chi connectivity index (χ1v) is 4.24. The lowest BCUT2D eigenvalue weighted by Gasteiger charge is -2.16. The first-order valence-electron chi connectivity index (χ1n) is 2.95. The first-order chi connectivity index (χ1) is 5.02. The summed E-state index contributed by atoms with van der Waals surface area (Å²) in [5, 5.41) is 5.68. The summed E-state index contributed by atoms with van der Waals surface area (Å²) < 4.78 is -1.42. The van der Waals surface area contributed by atoms with Gasteiger partial charge in [0.15, 0.2) is 0 Å². The molecule has 11 heavy (non-hydrogen) atoms. The van der Waals surface area contributed by atoms with Gasteiger partial charge in [-0.15, -0.1) is 11.6 Å². The van der Waals surface area contributed by atoms with Crippen molar-refractivity contribution in [1.29, 1.82) is 0 Å². The van der Waals surface area contributed by atoms with E-state index in [2.05, 4.69) is 10.6 Å². The highest BCUT2D eigenvalue weighted by molar-refractivity contribution is 6.51. The SMILES string of the molecule is CC[N]C(=O)NC(Cl)(Cl)CCl. The summed E-state index contributed by atoms with van der Waals surface area (Å²) in [6.45, 7) is 2.11. The van der Waals surface area contributed by atoms with Crippen LogP contribution in [-0.4, -0.2) is 22.9 Å². The van der Waals surface area contributed by atoms with E-state index < -0.39 is 10.5 Å². The van der Waals surface area contributed by atoms with Gasteiger partial charge >= 0.3 is 6.03 Å². The van der Waals surface area contributed by atoms with Crippen LogP contribution in [-0.2, 0) is 0 Å². The van der Waals surface area contributed by atoms with Crippen LogP contribution in [0.5, 0.6) is 0 Å². The summed E-state index contributed by atoms with van der Waals surface area (Å²) in [5.41, 5.74) is 0. The molecule has 0 aromatic carbocycles. The molecule has 0 saturated carbocycles. The Balaban J connectivity index is 3.74. The van der Waals surface area contributed by atoms with Crippen molar-refractivity contribution in [1.82, 2.24) is 10.6 Å². The van der Waals surface area contributed by atoms with Crippen LogP contribution in [0, 0.1) is 0 Å². The second kappa shape index (κ2) is 4.91. The molecule has 0 aromatic heterocycles. The molecule has 3 nitrogen and oxygen atoms in total. The number of alkyl halides is 3. The lowest BCUT2D eigenvalue weighted by atomic mass is 10.7. The summed E-state index contributed by atoms with van der Waals surface area (Å²) >= 11 is 16.3. The van der Waals surface area contributed by atoms with Crippen LogP contribution in [0.4, 0.5) is 4.79 Å². The number of carbonyl (C=O) groups excluding carboxylic acids is 1. The number of hydrogen-bond donors (Lipinski definition) is 1. The smallest absolute Gasteiger partial charge is 0.304 e. The molecule has 0 aliphatic rings. The zero-order chi connectivity index (χ0) is 8.91. The average Bonchev–Trinajstić information content (AvgIpc) is 1.87. The van der Waals surface area contributed by atoms with Gasteiger partial charge in [0.2, 0.25) is 4.46 Å². The minimum Gasteiger partial charge on any atom is -0.304 e. The van der Waals surface area contributed by atoms with Gasteiger partial charge in [0, 0.05) is 6.54 Å². The molecule has 6 heteroatoms. The molecular weight excluding hydrogens is 210 g/mol. The summed E-state index contributed by atoms with van der Waals surface area (Å²) in [6, 6.07) is -0.557. The molecule has 1 N–H and O–H groups in total. The van der Waals surface area contributed by atoms with Crippen molar-refractivity contribution >= 4 is 40.8 Å². The third-order valence-corrected chi connectivity index (χ3v) is 1.89. The molecule has 0 rings (SSSR count). The fourth-order valence-corrected chi connectivity index (χ4v) is 0.601. The van der Waals surface area contributed by atoms with Gasteiger partial charge in [-0.25, -0.2) is 10.1 Å². The van der Waals surface area contributed by atoms with Crippen LogP contribution in [0.1, 0.15) is 6.92 Å². The largest absolute Gasteiger partial charge is 0.338 e. The van der Waals surface area contributed by atoms with Crippen molar-refractivity contribution < 1.29 is 4.79 Å². The molecule has 0 aliphatic heterocycles. The van der Waals surface area contributed by atoms with E-state index in [1.165, 1.54) is 0 Å². The zero-order valence-electron chi connectivity index (χ0n) is 5.90. The third-order valence-electron chi connectivity index (χ3n) is 0.759. The molecule has 0 aromatic rings. The highest BCUT2D eigenvalue weighted by Gasteiger charge is 2.24. The summed E-state index contributed by atoms with van der Waals surface area (Å²) in [5.74, 6) is -0.0823. The molecule has 0 spiro atoms. The van der Waals surface area contributed by atoms with E-state index in [1.807, 2.05) is 0 Å². The molecule has 0 saturated heterocycles. The number of hydrogen-bond acceptors (Lipinski definition) is 1. The van der Waals surface area contributed by atoms with Crippen molar-refractivity contribution in [3.63, 3.8) is 0 Å². The van der Waals surface area contributed by atoms with E-state index in [-0.39, 0.29) is 5.88 Å². The fraction of sp³-hybridized carbons (Fsp3) is 0.800. The number of nitrogens with one attached hydrogen (secondary N) is 1. The number of halogens is 3. The van der Waals surface area contributed by atoms with E-state index in [0.717, 1.165) is 0 Å². The lowest BCUT2D eigenvalue weighted by Crippen LogP contribution is -2.43. The number of carbonyl (C=O) groups is 1. The van der Waals surface area contributed by atoms with Gasteiger partial charge in [-0.2, -0.15) is 0 Å². The standard InChI is InChI=1S/C5H8Cl3N2O/c1-2-9-4(11)10-5(7,8)3-6/h2-3H2,1H3,(H,10,11). The van der Waals surface area contributed by atoms with Gasteiger partial charge in [-0.1, -0.05) is 23.2 Å². The topological polar surface area (TPSA) is 43.2 Å². The predicted octanol–water partition coefficient (Wildman–Crippen LogP) is 1.69. The Labute approximate surface area is 80.4 Å². The lowest BCUT2D eigenvalue weighted by molar-refractivity contribution is 0.239. The normalized spacial score (nSPS) is 10.9. The van der Waals surface area contributed by atoms with Crippen LogP contribution >= 0.6 is 34.8 Å². The highest BCUT2D eigenvalue weighted by atomic mass is 35.5. The number of amides is 2. The van der Waals surface area contributed by atoms with E-state index >= 15 is 0 Å². The summed E-state index contributed by atoms with van der Waals surface area (Å²) in [6.07, 6.45) is 0. The van der Waals surface area contributed by atoms with Crippen LogP contribution in [0.2, 0.25) is 0 Å².